The molecule has 0 aromatic carbocycles. The van der Waals surface area contributed by atoms with E-state index in [9.17, 15) is 9.59 Å². The third-order valence-corrected chi connectivity index (χ3v) is 3.76. The van der Waals surface area contributed by atoms with Gasteiger partial charge in [0.15, 0.2) is 0 Å². The maximum atomic E-state index is 12.4. The van der Waals surface area contributed by atoms with Gasteiger partial charge < -0.3 is 16.0 Å². The average molecular weight is 279 g/mol. The maximum Gasteiger partial charge on any atom is 0.245 e. The van der Waals surface area contributed by atoms with Gasteiger partial charge in [0.25, 0.3) is 0 Å². The highest BCUT2D eigenvalue weighted by Crippen LogP contribution is 2.16. The molecule has 0 radical (unpaired) electrons. The number of carbonyl (C=O) groups excluding carboxylic acids is 2. The minimum absolute atomic E-state index is 0.0834. The van der Waals surface area contributed by atoms with E-state index in [1.807, 2.05) is 20.8 Å². The van der Waals surface area contributed by atoms with Crippen LogP contribution in [0.25, 0.3) is 0 Å². The number of carbonyl (C=O) groups is 2. The van der Waals surface area contributed by atoms with Crippen molar-refractivity contribution in [1.82, 2.24) is 20.0 Å². The number of anilines is 1. The molecule has 1 atom stereocenters. The second kappa shape index (κ2) is 5.52. The number of aryl methyl sites for hydroxylation is 1. The van der Waals surface area contributed by atoms with Crippen LogP contribution in [0.2, 0.25) is 0 Å². The molecule has 0 bridgehead atoms. The molecule has 2 amide bonds. The van der Waals surface area contributed by atoms with Gasteiger partial charge in [0.05, 0.1) is 17.1 Å². The number of hydrogen-bond acceptors (Lipinski definition) is 4. The fourth-order valence-electron chi connectivity index (χ4n) is 2.50. The zero-order valence-corrected chi connectivity index (χ0v) is 12.1. The van der Waals surface area contributed by atoms with Crippen molar-refractivity contribution < 1.29 is 9.59 Å². The van der Waals surface area contributed by atoms with Crippen LogP contribution in [-0.2, 0) is 16.1 Å². The van der Waals surface area contributed by atoms with Crippen LogP contribution in [0.3, 0.4) is 0 Å². The van der Waals surface area contributed by atoms with Gasteiger partial charge in [-0.25, -0.2) is 0 Å². The number of piperazine rings is 1. The molecule has 2 rings (SSSR count). The first-order valence-corrected chi connectivity index (χ1v) is 6.82. The lowest BCUT2D eigenvalue weighted by Gasteiger charge is -2.34. The van der Waals surface area contributed by atoms with E-state index in [2.05, 4.69) is 10.4 Å². The lowest BCUT2D eigenvalue weighted by molar-refractivity contribution is -0.143. The quantitative estimate of drug-likeness (QED) is 0.802. The van der Waals surface area contributed by atoms with Gasteiger partial charge >= 0.3 is 0 Å². The molecule has 3 N–H and O–H groups in total. The molecule has 1 aromatic heterocycles. The summed E-state index contributed by atoms with van der Waals surface area (Å²) >= 11 is 0. The van der Waals surface area contributed by atoms with Gasteiger partial charge in [0.1, 0.15) is 12.6 Å². The van der Waals surface area contributed by atoms with Crippen molar-refractivity contribution in [3.8, 4) is 0 Å². The lowest BCUT2D eigenvalue weighted by Crippen LogP contribution is -2.57. The topological polar surface area (TPSA) is 93.2 Å². The molecule has 1 aliphatic rings. The molecule has 1 saturated heterocycles. The van der Waals surface area contributed by atoms with Crippen LogP contribution in [-0.4, -0.2) is 45.6 Å². The molecule has 1 unspecified atom stereocenters. The summed E-state index contributed by atoms with van der Waals surface area (Å²) in [7, 11) is 0. The Hall–Kier alpha value is -2.05. The number of rotatable bonds is 3. The van der Waals surface area contributed by atoms with E-state index in [1.54, 1.807) is 9.58 Å². The van der Waals surface area contributed by atoms with Crippen LogP contribution in [0, 0.1) is 13.8 Å². The first kappa shape index (κ1) is 14.4. The van der Waals surface area contributed by atoms with Crippen molar-refractivity contribution in [3.05, 3.63) is 11.4 Å². The molecule has 7 heteroatoms. The number of nitrogens with zero attached hydrogens (tertiary/aromatic N) is 3. The zero-order valence-electron chi connectivity index (χ0n) is 12.1. The third kappa shape index (κ3) is 2.48. The smallest absolute Gasteiger partial charge is 0.245 e. The standard InChI is InChI=1S/C13H21N5O2/c1-4-10-13(20)15-5-6-17(10)11(19)7-18-9(3)12(14)8(2)16-18/h10H,4-7,14H2,1-3H3,(H,15,20). The van der Waals surface area contributed by atoms with E-state index < -0.39 is 0 Å². The van der Waals surface area contributed by atoms with Gasteiger partial charge in [0.2, 0.25) is 11.8 Å². The second-order valence-electron chi connectivity index (χ2n) is 5.04. The summed E-state index contributed by atoms with van der Waals surface area (Å²) in [6.45, 7) is 6.71. The fraction of sp³-hybridized carbons (Fsp3) is 0.615. The molecule has 0 spiro atoms. The first-order chi connectivity index (χ1) is 9.45. The molecular formula is C13H21N5O2. The summed E-state index contributed by atoms with van der Waals surface area (Å²) in [5, 5.41) is 7.04. The van der Waals surface area contributed by atoms with Gasteiger partial charge in [-0.1, -0.05) is 6.92 Å². The Morgan fingerprint density at radius 3 is 2.75 bits per heavy atom. The summed E-state index contributed by atoms with van der Waals surface area (Å²) in [4.78, 5) is 25.8. The van der Waals surface area contributed by atoms with E-state index in [4.69, 9.17) is 5.73 Å². The summed E-state index contributed by atoms with van der Waals surface area (Å²) in [6.07, 6.45) is 0.608. The zero-order chi connectivity index (χ0) is 14.9. The van der Waals surface area contributed by atoms with Gasteiger partial charge in [-0.05, 0) is 20.3 Å². The van der Waals surface area contributed by atoms with E-state index in [-0.39, 0.29) is 24.4 Å². The van der Waals surface area contributed by atoms with Gasteiger partial charge in [-0.15, -0.1) is 0 Å². The molecule has 2 heterocycles. The molecule has 1 aromatic rings. The Kier molecular flexibility index (Phi) is 3.96. The van der Waals surface area contributed by atoms with E-state index in [0.29, 0.717) is 25.2 Å². The van der Waals surface area contributed by atoms with Crippen molar-refractivity contribution in [3.63, 3.8) is 0 Å². The minimum Gasteiger partial charge on any atom is -0.396 e. The van der Waals surface area contributed by atoms with E-state index in [1.165, 1.54) is 0 Å². The second-order valence-corrected chi connectivity index (χ2v) is 5.04. The minimum atomic E-state index is -0.384. The molecule has 0 saturated carbocycles. The molecule has 0 aliphatic carbocycles. The number of aromatic nitrogens is 2. The van der Waals surface area contributed by atoms with Crippen LogP contribution in [0.15, 0.2) is 0 Å². The number of nitrogens with two attached hydrogens (primary N) is 1. The normalized spacial score (nSPS) is 19.1. The Balaban J connectivity index is 2.14. The highest BCUT2D eigenvalue weighted by atomic mass is 16.2. The van der Waals surface area contributed by atoms with Crippen molar-refractivity contribution in [1.29, 1.82) is 0 Å². The largest absolute Gasteiger partial charge is 0.396 e. The van der Waals surface area contributed by atoms with Crippen LogP contribution >= 0.6 is 0 Å². The van der Waals surface area contributed by atoms with Crippen LogP contribution in [0.4, 0.5) is 5.69 Å². The molecule has 1 aliphatic heterocycles. The lowest BCUT2D eigenvalue weighted by atomic mass is 10.1. The molecule has 7 nitrogen and oxygen atoms in total. The van der Waals surface area contributed by atoms with Crippen molar-refractivity contribution in [2.24, 2.45) is 0 Å². The maximum absolute atomic E-state index is 12.4. The van der Waals surface area contributed by atoms with Crippen LogP contribution in [0.5, 0.6) is 0 Å². The van der Waals surface area contributed by atoms with Crippen molar-refractivity contribution in [2.75, 3.05) is 18.8 Å². The summed E-state index contributed by atoms with van der Waals surface area (Å²) in [6, 6.07) is -0.384. The van der Waals surface area contributed by atoms with Crippen molar-refractivity contribution >= 4 is 17.5 Å². The number of nitrogens with one attached hydrogen (secondary N) is 1. The molecule has 1 fully saturated rings. The monoisotopic (exact) mass is 279 g/mol. The van der Waals surface area contributed by atoms with Gasteiger partial charge in [-0.2, -0.15) is 5.10 Å². The number of nitrogen functional groups attached to an aromatic ring is 1. The fourth-order valence-corrected chi connectivity index (χ4v) is 2.50. The summed E-state index contributed by atoms with van der Waals surface area (Å²) in [5.74, 6) is -0.183. The predicted molar refractivity (Wildman–Crippen MR) is 74.9 cm³/mol. The molecule has 20 heavy (non-hydrogen) atoms. The highest BCUT2D eigenvalue weighted by Gasteiger charge is 2.31. The average Bonchev–Trinajstić information content (AvgIpc) is 2.66. The Morgan fingerprint density at radius 2 is 2.20 bits per heavy atom. The highest BCUT2D eigenvalue weighted by molar-refractivity contribution is 5.88. The third-order valence-electron chi connectivity index (χ3n) is 3.76. The van der Waals surface area contributed by atoms with E-state index in [0.717, 1.165) is 11.4 Å². The van der Waals surface area contributed by atoms with Crippen LogP contribution in [0.1, 0.15) is 24.7 Å². The van der Waals surface area contributed by atoms with E-state index >= 15 is 0 Å². The SMILES string of the molecule is CCC1C(=O)NCCN1C(=O)Cn1nc(C)c(N)c1C. The number of hydrogen-bond donors (Lipinski definition) is 2. The predicted octanol–water partition coefficient (Wildman–Crippen LogP) is -0.181. The Morgan fingerprint density at radius 1 is 1.50 bits per heavy atom. The summed E-state index contributed by atoms with van der Waals surface area (Å²) in [5.41, 5.74) is 7.98. The van der Waals surface area contributed by atoms with Gasteiger partial charge in [0, 0.05) is 13.1 Å². The summed E-state index contributed by atoms with van der Waals surface area (Å²) < 4.78 is 1.60. The molecular weight excluding hydrogens is 258 g/mol. The Bertz CT molecular complexity index is 537. The number of amides is 2. The first-order valence-electron chi connectivity index (χ1n) is 6.82. The Labute approximate surface area is 118 Å². The van der Waals surface area contributed by atoms with Crippen LogP contribution < -0.4 is 11.1 Å². The van der Waals surface area contributed by atoms with Crippen molar-refractivity contribution in [2.45, 2.75) is 39.8 Å². The molecule has 110 valence electrons. The van der Waals surface area contributed by atoms with Gasteiger partial charge in [-0.3, -0.25) is 14.3 Å².